The molecule has 0 saturated carbocycles. The molecular weight excluding hydrogens is 380 g/mol. The van der Waals surface area contributed by atoms with Crippen LogP contribution < -0.4 is 4.90 Å². The summed E-state index contributed by atoms with van der Waals surface area (Å²) < 4.78 is 2.15. The van der Waals surface area contributed by atoms with Gasteiger partial charge >= 0.3 is 0 Å². The zero-order valence-electron chi connectivity index (χ0n) is 11.4. The number of hydrogen-bond acceptors (Lipinski definition) is 4. The quantitative estimate of drug-likeness (QED) is 0.627. The van der Waals surface area contributed by atoms with Crippen LogP contribution in [0, 0.1) is 0 Å². The lowest BCUT2D eigenvalue weighted by Gasteiger charge is -2.21. The Morgan fingerprint density at radius 1 is 1.14 bits per heavy atom. The third kappa shape index (κ3) is 2.45. The molecule has 1 amide bonds. The maximum atomic E-state index is 12.4. The molecule has 3 nitrogen and oxygen atoms in total. The van der Waals surface area contributed by atoms with Crippen molar-refractivity contribution >= 4 is 60.3 Å². The standard InChI is InChI=1S/C16H11BrN2OS2/c17-11-7-5-10(6-8-11)15-19(14(20)9-21-15)16-18-12-3-1-2-4-13(12)22-16/h1-8,15H,9H2/t15-/m0/s1. The van der Waals surface area contributed by atoms with Crippen molar-refractivity contribution in [1.29, 1.82) is 0 Å². The highest BCUT2D eigenvalue weighted by atomic mass is 79.9. The van der Waals surface area contributed by atoms with E-state index in [-0.39, 0.29) is 11.3 Å². The van der Waals surface area contributed by atoms with Gasteiger partial charge in [-0.1, -0.05) is 51.5 Å². The SMILES string of the molecule is O=C1CS[C@@H](c2ccc(Br)cc2)N1c1nc2ccccc2s1. The average molecular weight is 391 g/mol. The molecule has 0 bridgehead atoms. The highest BCUT2D eigenvalue weighted by Gasteiger charge is 2.35. The van der Waals surface area contributed by atoms with Gasteiger partial charge in [0.2, 0.25) is 5.91 Å². The van der Waals surface area contributed by atoms with Gasteiger partial charge in [0.15, 0.2) is 5.13 Å². The molecule has 1 atom stereocenters. The van der Waals surface area contributed by atoms with E-state index in [2.05, 4.69) is 33.0 Å². The van der Waals surface area contributed by atoms with Crippen LogP contribution in [0.3, 0.4) is 0 Å². The summed E-state index contributed by atoms with van der Waals surface area (Å²) in [5.41, 5.74) is 2.07. The second kappa shape index (κ2) is 5.68. The third-order valence-corrected chi connectivity index (χ3v) is 6.29. The normalized spacial score (nSPS) is 18.3. The summed E-state index contributed by atoms with van der Waals surface area (Å²) in [5.74, 6) is 0.619. The molecule has 0 N–H and O–H groups in total. The fourth-order valence-electron chi connectivity index (χ4n) is 2.47. The van der Waals surface area contributed by atoms with Crippen molar-refractivity contribution in [2.75, 3.05) is 10.7 Å². The summed E-state index contributed by atoms with van der Waals surface area (Å²) in [5, 5.41) is 0.783. The first-order chi connectivity index (χ1) is 10.7. The van der Waals surface area contributed by atoms with Gasteiger partial charge in [-0.3, -0.25) is 9.69 Å². The number of benzene rings is 2. The van der Waals surface area contributed by atoms with Gasteiger partial charge in [-0.15, -0.1) is 11.8 Å². The first-order valence-corrected chi connectivity index (χ1v) is 9.43. The Hall–Kier alpha value is -1.37. The Morgan fingerprint density at radius 3 is 2.68 bits per heavy atom. The molecule has 6 heteroatoms. The van der Waals surface area contributed by atoms with E-state index in [1.54, 1.807) is 23.1 Å². The maximum absolute atomic E-state index is 12.4. The highest BCUT2D eigenvalue weighted by molar-refractivity contribution is 9.10. The molecule has 0 spiro atoms. The van der Waals surface area contributed by atoms with E-state index in [0.717, 1.165) is 25.4 Å². The number of halogens is 1. The number of amides is 1. The number of nitrogens with zero attached hydrogens (tertiary/aromatic N) is 2. The average Bonchev–Trinajstić information content (AvgIpc) is 3.11. The van der Waals surface area contributed by atoms with E-state index in [1.165, 1.54) is 0 Å². The number of hydrogen-bond donors (Lipinski definition) is 0. The van der Waals surface area contributed by atoms with Gasteiger partial charge in [-0.25, -0.2) is 4.98 Å². The summed E-state index contributed by atoms with van der Waals surface area (Å²) >= 11 is 6.67. The summed E-state index contributed by atoms with van der Waals surface area (Å²) in [6.45, 7) is 0. The Bertz CT molecular complexity index is 814. The predicted molar refractivity (Wildman–Crippen MR) is 96.4 cm³/mol. The fourth-order valence-corrected chi connectivity index (χ4v) is 4.97. The minimum absolute atomic E-state index is 0.00108. The number of fused-ring (bicyclic) bond motifs is 1. The number of aromatic nitrogens is 1. The number of carbonyl (C=O) groups excluding carboxylic acids is 1. The Kier molecular flexibility index (Phi) is 3.68. The molecule has 1 aliphatic rings. The number of rotatable bonds is 2. The third-order valence-electron chi connectivity index (χ3n) is 3.51. The minimum atomic E-state index is 0.00108. The predicted octanol–water partition coefficient (Wildman–Crippen LogP) is 4.84. The van der Waals surface area contributed by atoms with Gasteiger partial charge in [0.05, 0.1) is 16.0 Å². The molecule has 1 saturated heterocycles. The molecule has 1 aliphatic heterocycles. The second-order valence-corrected chi connectivity index (χ2v) is 7.94. The molecule has 0 radical (unpaired) electrons. The van der Waals surface area contributed by atoms with Crippen molar-refractivity contribution in [3.63, 3.8) is 0 Å². The topological polar surface area (TPSA) is 33.2 Å². The monoisotopic (exact) mass is 390 g/mol. The Labute approximate surface area is 144 Å². The molecule has 22 heavy (non-hydrogen) atoms. The van der Waals surface area contributed by atoms with Crippen molar-refractivity contribution in [3.05, 3.63) is 58.6 Å². The molecule has 1 fully saturated rings. The molecule has 0 unspecified atom stereocenters. The van der Waals surface area contributed by atoms with Crippen LogP contribution in [0.15, 0.2) is 53.0 Å². The van der Waals surface area contributed by atoms with Crippen LogP contribution >= 0.6 is 39.0 Å². The number of para-hydroxylation sites is 1. The van der Waals surface area contributed by atoms with Gasteiger partial charge in [-0.05, 0) is 29.8 Å². The van der Waals surface area contributed by atoms with Crippen LogP contribution in [-0.4, -0.2) is 16.6 Å². The number of thiazole rings is 1. The van der Waals surface area contributed by atoms with Crippen LogP contribution in [-0.2, 0) is 4.79 Å². The van der Waals surface area contributed by atoms with E-state index in [9.17, 15) is 4.79 Å². The van der Waals surface area contributed by atoms with E-state index in [1.807, 2.05) is 41.3 Å². The first kappa shape index (κ1) is 14.2. The molecule has 0 aliphatic carbocycles. The van der Waals surface area contributed by atoms with Crippen molar-refractivity contribution in [2.45, 2.75) is 5.37 Å². The molecule has 110 valence electrons. The summed E-state index contributed by atoms with van der Waals surface area (Å²) in [4.78, 5) is 18.8. The van der Waals surface area contributed by atoms with Crippen LogP contribution in [0.4, 0.5) is 5.13 Å². The van der Waals surface area contributed by atoms with Gasteiger partial charge in [0, 0.05) is 4.47 Å². The summed E-state index contributed by atoms with van der Waals surface area (Å²) in [7, 11) is 0. The number of carbonyl (C=O) groups is 1. The lowest BCUT2D eigenvalue weighted by atomic mass is 10.2. The minimum Gasteiger partial charge on any atom is -0.273 e. The zero-order chi connectivity index (χ0) is 15.1. The lowest BCUT2D eigenvalue weighted by molar-refractivity contribution is -0.115. The van der Waals surface area contributed by atoms with Gasteiger partial charge in [-0.2, -0.15) is 0 Å². The van der Waals surface area contributed by atoms with Gasteiger partial charge in [0.25, 0.3) is 0 Å². The Balaban J connectivity index is 1.76. The highest BCUT2D eigenvalue weighted by Crippen LogP contribution is 2.44. The van der Waals surface area contributed by atoms with Crippen LogP contribution in [0.2, 0.25) is 0 Å². The van der Waals surface area contributed by atoms with Gasteiger partial charge < -0.3 is 0 Å². The van der Waals surface area contributed by atoms with Gasteiger partial charge in [0.1, 0.15) is 5.37 Å². The molecular formula is C16H11BrN2OS2. The molecule has 2 aromatic carbocycles. The summed E-state index contributed by atoms with van der Waals surface area (Å²) in [6, 6.07) is 16.1. The van der Waals surface area contributed by atoms with Crippen molar-refractivity contribution < 1.29 is 4.79 Å². The second-order valence-electron chi connectivity index (χ2n) is 4.94. The van der Waals surface area contributed by atoms with Crippen molar-refractivity contribution in [1.82, 2.24) is 4.98 Å². The smallest absolute Gasteiger partial charge is 0.240 e. The molecule has 3 aromatic rings. The fraction of sp³-hybridized carbons (Fsp3) is 0.125. The molecule has 2 heterocycles. The van der Waals surface area contributed by atoms with E-state index in [4.69, 9.17) is 0 Å². The lowest BCUT2D eigenvalue weighted by Crippen LogP contribution is -2.27. The summed E-state index contributed by atoms with van der Waals surface area (Å²) in [6.07, 6.45) is 0. The van der Waals surface area contributed by atoms with E-state index < -0.39 is 0 Å². The van der Waals surface area contributed by atoms with Crippen molar-refractivity contribution in [3.8, 4) is 0 Å². The molecule has 1 aromatic heterocycles. The largest absolute Gasteiger partial charge is 0.273 e. The number of thioether (sulfide) groups is 1. The van der Waals surface area contributed by atoms with Crippen molar-refractivity contribution in [2.24, 2.45) is 0 Å². The van der Waals surface area contributed by atoms with Crippen LogP contribution in [0.1, 0.15) is 10.9 Å². The number of anilines is 1. The molecule has 4 rings (SSSR count). The van der Waals surface area contributed by atoms with E-state index in [0.29, 0.717) is 5.75 Å². The van der Waals surface area contributed by atoms with E-state index >= 15 is 0 Å². The first-order valence-electron chi connectivity index (χ1n) is 6.77. The Morgan fingerprint density at radius 2 is 1.91 bits per heavy atom. The maximum Gasteiger partial charge on any atom is 0.240 e. The van der Waals surface area contributed by atoms with Crippen LogP contribution in [0.25, 0.3) is 10.2 Å². The zero-order valence-corrected chi connectivity index (χ0v) is 14.6. The van der Waals surface area contributed by atoms with Crippen LogP contribution in [0.5, 0.6) is 0 Å².